The molecule has 0 fully saturated rings. The maximum atomic E-state index is 12.9. The molecule has 0 saturated carbocycles. The lowest BCUT2D eigenvalue weighted by molar-refractivity contribution is -0.117. The molecule has 2 aromatic carbocycles. The topological polar surface area (TPSA) is 73.2 Å². The fraction of sp³-hybridized carbons (Fsp3) is 0.261. The highest BCUT2D eigenvalue weighted by atomic mass is 16.5. The molecule has 0 aliphatic heterocycles. The Morgan fingerprint density at radius 1 is 1.07 bits per heavy atom. The molecule has 0 saturated heterocycles. The van der Waals surface area contributed by atoms with Crippen molar-refractivity contribution in [3.05, 3.63) is 77.1 Å². The Hall–Kier alpha value is -3.41. The standard InChI is InChI=1S/C23H25N3O3/c1-5-20(17-11-13-19(29-4)14-12-17)24-23(28)22(27)21-15(2)25-26(16(21)3)18-9-7-6-8-10-18/h6-14,20H,5H2,1-4H3,(H,24,28). The van der Waals surface area contributed by atoms with Crippen molar-refractivity contribution >= 4 is 11.7 Å². The molecule has 0 spiro atoms. The largest absolute Gasteiger partial charge is 0.497 e. The van der Waals surface area contributed by atoms with Gasteiger partial charge < -0.3 is 10.1 Å². The van der Waals surface area contributed by atoms with E-state index in [0.29, 0.717) is 23.4 Å². The predicted octanol–water partition coefficient (Wildman–Crippen LogP) is 3.95. The molecule has 0 aliphatic rings. The van der Waals surface area contributed by atoms with Crippen LogP contribution in [0.25, 0.3) is 5.69 Å². The van der Waals surface area contributed by atoms with Crippen molar-refractivity contribution in [3.63, 3.8) is 0 Å². The second-order valence-electron chi connectivity index (χ2n) is 6.83. The molecule has 1 heterocycles. The number of para-hydroxylation sites is 1. The molecule has 1 unspecified atom stereocenters. The van der Waals surface area contributed by atoms with Gasteiger partial charge in [-0.05, 0) is 50.1 Å². The molecule has 1 atom stereocenters. The summed E-state index contributed by atoms with van der Waals surface area (Å²) in [6.45, 7) is 5.51. The summed E-state index contributed by atoms with van der Waals surface area (Å²) >= 11 is 0. The van der Waals surface area contributed by atoms with Crippen LogP contribution in [0.15, 0.2) is 54.6 Å². The lowest BCUT2D eigenvalue weighted by Crippen LogP contribution is -2.34. The van der Waals surface area contributed by atoms with Gasteiger partial charge in [-0.3, -0.25) is 9.59 Å². The minimum absolute atomic E-state index is 0.262. The number of nitrogens with zero attached hydrogens (tertiary/aromatic N) is 2. The van der Waals surface area contributed by atoms with Crippen molar-refractivity contribution in [2.75, 3.05) is 7.11 Å². The van der Waals surface area contributed by atoms with Crippen LogP contribution in [0.3, 0.4) is 0 Å². The number of hydrogen-bond acceptors (Lipinski definition) is 4. The number of nitrogens with one attached hydrogen (secondary N) is 1. The fourth-order valence-corrected chi connectivity index (χ4v) is 3.39. The first-order valence-electron chi connectivity index (χ1n) is 9.57. The summed E-state index contributed by atoms with van der Waals surface area (Å²) in [6, 6.07) is 16.7. The zero-order valence-electron chi connectivity index (χ0n) is 17.1. The molecule has 29 heavy (non-hydrogen) atoms. The molecule has 1 amide bonds. The van der Waals surface area contributed by atoms with E-state index in [1.807, 2.05) is 61.5 Å². The van der Waals surface area contributed by atoms with Crippen LogP contribution in [0.5, 0.6) is 5.75 Å². The van der Waals surface area contributed by atoms with Crippen molar-refractivity contribution < 1.29 is 14.3 Å². The number of amides is 1. The van der Waals surface area contributed by atoms with Gasteiger partial charge in [-0.1, -0.05) is 37.3 Å². The Bertz CT molecular complexity index is 1010. The first-order chi connectivity index (χ1) is 14.0. The number of benzene rings is 2. The molecule has 3 rings (SSSR count). The van der Waals surface area contributed by atoms with Crippen LogP contribution >= 0.6 is 0 Å². The number of aryl methyl sites for hydroxylation is 1. The van der Waals surface area contributed by atoms with E-state index in [4.69, 9.17) is 4.74 Å². The molecule has 1 N–H and O–H groups in total. The zero-order chi connectivity index (χ0) is 21.0. The van der Waals surface area contributed by atoms with E-state index >= 15 is 0 Å². The molecule has 6 heteroatoms. The summed E-state index contributed by atoms with van der Waals surface area (Å²) in [5.41, 5.74) is 3.28. The number of methoxy groups -OCH3 is 1. The molecular weight excluding hydrogens is 366 g/mol. The maximum Gasteiger partial charge on any atom is 0.293 e. The average molecular weight is 391 g/mol. The number of carbonyl (C=O) groups excluding carboxylic acids is 2. The van der Waals surface area contributed by atoms with Gasteiger partial charge in [0.15, 0.2) is 0 Å². The Balaban J connectivity index is 1.82. The highest BCUT2D eigenvalue weighted by Crippen LogP contribution is 2.22. The van der Waals surface area contributed by atoms with Gasteiger partial charge in [-0.2, -0.15) is 5.10 Å². The van der Waals surface area contributed by atoms with Gasteiger partial charge in [0.1, 0.15) is 5.75 Å². The molecule has 6 nitrogen and oxygen atoms in total. The summed E-state index contributed by atoms with van der Waals surface area (Å²) in [5, 5.41) is 7.32. The highest BCUT2D eigenvalue weighted by Gasteiger charge is 2.26. The van der Waals surface area contributed by atoms with Crippen LogP contribution in [0, 0.1) is 13.8 Å². The SMILES string of the molecule is CCC(NC(=O)C(=O)c1c(C)nn(-c2ccccc2)c1C)c1ccc(OC)cc1. The van der Waals surface area contributed by atoms with Crippen molar-refractivity contribution in [2.45, 2.75) is 33.2 Å². The Kier molecular flexibility index (Phi) is 6.12. The Labute approximate surface area is 170 Å². The van der Waals surface area contributed by atoms with Crippen LogP contribution < -0.4 is 10.1 Å². The van der Waals surface area contributed by atoms with Crippen molar-refractivity contribution in [3.8, 4) is 11.4 Å². The van der Waals surface area contributed by atoms with Crippen molar-refractivity contribution in [1.29, 1.82) is 0 Å². The molecular formula is C23H25N3O3. The summed E-state index contributed by atoms with van der Waals surface area (Å²) in [7, 11) is 1.60. The minimum Gasteiger partial charge on any atom is -0.497 e. The number of ketones is 1. The highest BCUT2D eigenvalue weighted by molar-refractivity contribution is 6.43. The predicted molar refractivity (Wildman–Crippen MR) is 112 cm³/mol. The first-order valence-corrected chi connectivity index (χ1v) is 9.57. The molecule has 3 aromatic rings. The third kappa shape index (κ3) is 4.21. The van der Waals surface area contributed by atoms with Crippen molar-refractivity contribution in [1.82, 2.24) is 15.1 Å². The zero-order valence-corrected chi connectivity index (χ0v) is 17.1. The number of Topliss-reactive ketones (excluding diaryl/α,β-unsaturated/α-hetero) is 1. The van der Waals surface area contributed by atoms with Crippen LogP contribution in [0.2, 0.25) is 0 Å². The fourth-order valence-electron chi connectivity index (χ4n) is 3.39. The number of hydrogen-bond donors (Lipinski definition) is 1. The molecule has 0 aliphatic carbocycles. The monoisotopic (exact) mass is 391 g/mol. The van der Waals surface area contributed by atoms with E-state index in [-0.39, 0.29) is 6.04 Å². The Morgan fingerprint density at radius 3 is 2.31 bits per heavy atom. The van der Waals surface area contributed by atoms with Gasteiger partial charge in [-0.15, -0.1) is 0 Å². The third-order valence-corrected chi connectivity index (χ3v) is 4.96. The first kappa shape index (κ1) is 20.3. The van der Waals surface area contributed by atoms with E-state index in [0.717, 1.165) is 17.0 Å². The van der Waals surface area contributed by atoms with Crippen LogP contribution in [-0.4, -0.2) is 28.6 Å². The Morgan fingerprint density at radius 2 is 1.72 bits per heavy atom. The van der Waals surface area contributed by atoms with Gasteiger partial charge in [-0.25, -0.2) is 4.68 Å². The molecule has 150 valence electrons. The summed E-state index contributed by atoms with van der Waals surface area (Å²) in [6.07, 6.45) is 0.659. The maximum absolute atomic E-state index is 12.9. The van der Waals surface area contributed by atoms with Gasteiger partial charge in [0.25, 0.3) is 11.7 Å². The quantitative estimate of drug-likeness (QED) is 0.489. The van der Waals surface area contributed by atoms with Crippen molar-refractivity contribution in [2.24, 2.45) is 0 Å². The van der Waals surface area contributed by atoms with Gasteiger partial charge in [0, 0.05) is 0 Å². The van der Waals surface area contributed by atoms with Gasteiger partial charge in [0.2, 0.25) is 0 Å². The molecule has 1 aromatic heterocycles. The van der Waals surface area contributed by atoms with E-state index in [9.17, 15) is 9.59 Å². The van der Waals surface area contributed by atoms with Gasteiger partial charge >= 0.3 is 0 Å². The second-order valence-corrected chi connectivity index (χ2v) is 6.83. The smallest absolute Gasteiger partial charge is 0.293 e. The summed E-state index contributed by atoms with van der Waals surface area (Å²) < 4.78 is 6.87. The average Bonchev–Trinajstić information content (AvgIpc) is 3.06. The molecule has 0 radical (unpaired) electrons. The van der Waals surface area contributed by atoms with E-state index in [1.54, 1.807) is 25.6 Å². The minimum atomic E-state index is -0.633. The van der Waals surface area contributed by atoms with Crippen LogP contribution in [-0.2, 0) is 4.79 Å². The summed E-state index contributed by atoms with van der Waals surface area (Å²) in [5.74, 6) is -0.466. The third-order valence-electron chi connectivity index (χ3n) is 4.96. The second kappa shape index (κ2) is 8.73. The van der Waals surface area contributed by atoms with E-state index in [2.05, 4.69) is 10.4 Å². The van der Waals surface area contributed by atoms with E-state index in [1.165, 1.54) is 0 Å². The normalized spacial score (nSPS) is 11.7. The number of aromatic nitrogens is 2. The number of rotatable bonds is 7. The summed E-state index contributed by atoms with van der Waals surface area (Å²) in [4.78, 5) is 25.7. The molecule has 0 bridgehead atoms. The lowest BCUT2D eigenvalue weighted by Gasteiger charge is -2.17. The number of carbonyl (C=O) groups is 2. The van der Waals surface area contributed by atoms with Crippen LogP contribution in [0.1, 0.15) is 46.7 Å². The number of ether oxygens (including phenoxy) is 1. The van der Waals surface area contributed by atoms with Crippen LogP contribution in [0.4, 0.5) is 0 Å². The van der Waals surface area contributed by atoms with Gasteiger partial charge in [0.05, 0.1) is 35.8 Å². The van der Waals surface area contributed by atoms with E-state index < -0.39 is 11.7 Å². The lowest BCUT2D eigenvalue weighted by atomic mass is 10.0.